The van der Waals surface area contributed by atoms with Crippen molar-refractivity contribution in [1.82, 2.24) is 0 Å². The van der Waals surface area contributed by atoms with Crippen LogP contribution in [0.5, 0.6) is 5.75 Å². The average Bonchev–Trinajstić information content (AvgIpc) is 2.47. The second-order valence-electron chi connectivity index (χ2n) is 5.12. The topological polar surface area (TPSA) is 26.3 Å². The van der Waals surface area contributed by atoms with Gasteiger partial charge in [0.2, 0.25) is 0 Å². The summed E-state index contributed by atoms with van der Waals surface area (Å²) in [4.78, 5) is 12.4. The molecule has 3 rings (SSSR count). The second kappa shape index (κ2) is 5.98. The van der Waals surface area contributed by atoms with Crippen LogP contribution in [-0.2, 0) is 0 Å². The van der Waals surface area contributed by atoms with Crippen LogP contribution in [-0.4, -0.2) is 12.4 Å². The van der Waals surface area contributed by atoms with Gasteiger partial charge in [0.15, 0.2) is 5.78 Å². The van der Waals surface area contributed by atoms with Crippen molar-refractivity contribution in [1.29, 1.82) is 0 Å². The van der Waals surface area contributed by atoms with Gasteiger partial charge in [-0.3, -0.25) is 4.79 Å². The van der Waals surface area contributed by atoms with Crippen molar-refractivity contribution in [3.63, 3.8) is 0 Å². The van der Waals surface area contributed by atoms with Gasteiger partial charge >= 0.3 is 0 Å². The number of para-hydroxylation sites is 1. The van der Waals surface area contributed by atoms with Gasteiger partial charge in [0.25, 0.3) is 0 Å². The summed E-state index contributed by atoms with van der Waals surface area (Å²) in [6.07, 6.45) is 1.08. The van der Waals surface area contributed by atoms with E-state index in [4.69, 9.17) is 4.74 Å². The molecule has 0 radical (unpaired) electrons. The van der Waals surface area contributed by atoms with Crippen molar-refractivity contribution < 1.29 is 13.9 Å². The van der Waals surface area contributed by atoms with Crippen LogP contribution in [0.3, 0.4) is 0 Å². The summed E-state index contributed by atoms with van der Waals surface area (Å²) in [5, 5.41) is 0. The van der Waals surface area contributed by atoms with Gasteiger partial charge < -0.3 is 4.74 Å². The average molecular weight is 349 g/mol. The van der Waals surface area contributed by atoms with E-state index in [9.17, 15) is 9.18 Å². The Bertz CT molecular complexity index is 684. The standard InChI is InChI=1S/C17H14BrFO2/c18-12-5-6-14(15(19)10-12)16(20)9-11-7-8-21-17-4-2-1-3-13(11)17/h1-6,10-11H,7-9H2. The van der Waals surface area contributed by atoms with Crippen LogP contribution in [0.2, 0.25) is 0 Å². The zero-order valence-corrected chi connectivity index (χ0v) is 12.9. The summed E-state index contributed by atoms with van der Waals surface area (Å²) in [5.74, 6) is 0.278. The fourth-order valence-corrected chi connectivity index (χ4v) is 3.01. The van der Waals surface area contributed by atoms with Crippen LogP contribution in [0, 0.1) is 5.82 Å². The molecule has 0 amide bonds. The molecule has 0 bridgehead atoms. The van der Waals surface area contributed by atoms with Crippen molar-refractivity contribution >= 4 is 21.7 Å². The van der Waals surface area contributed by atoms with E-state index in [1.54, 1.807) is 6.07 Å². The smallest absolute Gasteiger partial charge is 0.166 e. The van der Waals surface area contributed by atoms with Gasteiger partial charge in [0, 0.05) is 10.9 Å². The molecule has 0 N–H and O–H groups in total. The molecule has 2 aromatic carbocycles. The summed E-state index contributed by atoms with van der Waals surface area (Å²) in [6.45, 7) is 0.595. The molecular formula is C17H14BrFO2. The van der Waals surface area contributed by atoms with Crippen molar-refractivity contribution in [3.05, 3.63) is 63.9 Å². The van der Waals surface area contributed by atoms with E-state index in [0.29, 0.717) is 17.5 Å². The summed E-state index contributed by atoms with van der Waals surface area (Å²) < 4.78 is 20.1. The Morgan fingerprint density at radius 1 is 1.29 bits per heavy atom. The molecule has 1 atom stereocenters. The first-order valence-corrected chi connectivity index (χ1v) is 7.64. The van der Waals surface area contributed by atoms with E-state index in [0.717, 1.165) is 17.7 Å². The molecule has 0 aromatic heterocycles. The number of hydrogen-bond donors (Lipinski definition) is 0. The van der Waals surface area contributed by atoms with E-state index < -0.39 is 5.82 Å². The van der Waals surface area contributed by atoms with Crippen molar-refractivity contribution in [2.75, 3.05) is 6.61 Å². The van der Waals surface area contributed by atoms with Gasteiger partial charge in [-0.1, -0.05) is 34.1 Å². The van der Waals surface area contributed by atoms with Gasteiger partial charge in [0.05, 0.1) is 12.2 Å². The molecule has 108 valence electrons. The minimum atomic E-state index is -0.477. The lowest BCUT2D eigenvalue weighted by Gasteiger charge is -2.25. The SMILES string of the molecule is O=C(CC1CCOc2ccccc21)c1ccc(Br)cc1F. The maximum Gasteiger partial charge on any atom is 0.166 e. The number of halogens is 2. The first-order chi connectivity index (χ1) is 10.1. The fourth-order valence-electron chi connectivity index (χ4n) is 2.68. The Kier molecular flexibility index (Phi) is 4.06. The highest BCUT2D eigenvalue weighted by Crippen LogP contribution is 2.36. The van der Waals surface area contributed by atoms with E-state index >= 15 is 0 Å². The number of rotatable bonds is 3. The molecule has 0 spiro atoms. The van der Waals surface area contributed by atoms with E-state index in [2.05, 4.69) is 15.9 Å². The predicted octanol–water partition coefficient (Wildman–Crippen LogP) is 4.73. The van der Waals surface area contributed by atoms with Gasteiger partial charge in [-0.05, 0) is 42.2 Å². The maximum atomic E-state index is 13.9. The molecule has 2 aromatic rings. The number of hydrogen-bond acceptors (Lipinski definition) is 2. The summed E-state index contributed by atoms with van der Waals surface area (Å²) in [5.41, 5.74) is 1.19. The molecule has 2 nitrogen and oxygen atoms in total. The number of ketones is 1. The normalized spacial score (nSPS) is 17.0. The monoisotopic (exact) mass is 348 g/mol. The lowest BCUT2D eigenvalue weighted by atomic mass is 9.87. The van der Waals surface area contributed by atoms with Crippen LogP contribution in [0.15, 0.2) is 46.9 Å². The zero-order chi connectivity index (χ0) is 14.8. The Hall–Kier alpha value is -1.68. The lowest BCUT2D eigenvalue weighted by molar-refractivity contribution is 0.0962. The van der Waals surface area contributed by atoms with Crippen molar-refractivity contribution in [3.8, 4) is 5.75 Å². The van der Waals surface area contributed by atoms with Crippen LogP contribution in [0.25, 0.3) is 0 Å². The molecule has 1 unspecified atom stereocenters. The molecule has 0 saturated carbocycles. The molecule has 0 aliphatic carbocycles. The molecule has 1 aliphatic rings. The molecule has 0 saturated heterocycles. The Morgan fingerprint density at radius 3 is 2.90 bits per heavy atom. The zero-order valence-electron chi connectivity index (χ0n) is 11.3. The van der Waals surface area contributed by atoms with Gasteiger partial charge in [-0.15, -0.1) is 0 Å². The number of fused-ring (bicyclic) bond motifs is 1. The number of ether oxygens (including phenoxy) is 1. The van der Waals surface area contributed by atoms with Gasteiger partial charge in [0.1, 0.15) is 11.6 Å². The molecule has 1 heterocycles. The number of carbonyl (C=O) groups excluding carboxylic acids is 1. The predicted molar refractivity (Wildman–Crippen MR) is 82.3 cm³/mol. The van der Waals surface area contributed by atoms with E-state index in [1.807, 2.05) is 24.3 Å². The Morgan fingerprint density at radius 2 is 2.10 bits per heavy atom. The quantitative estimate of drug-likeness (QED) is 0.749. The Balaban J connectivity index is 1.83. The lowest BCUT2D eigenvalue weighted by Crippen LogP contribution is -2.17. The summed E-state index contributed by atoms with van der Waals surface area (Å²) >= 11 is 3.20. The highest BCUT2D eigenvalue weighted by atomic mass is 79.9. The van der Waals surface area contributed by atoms with Gasteiger partial charge in [-0.2, -0.15) is 0 Å². The molecule has 0 fully saturated rings. The molecule has 4 heteroatoms. The number of carbonyl (C=O) groups is 1. The highest BCUT2D eigenvalue weighted by Gasteiger charge is 2.25. The number of benzene rings is 2. The first-order valence-electron chi connectivity index (χ1n) is 6.85. The first kappa shape index (κ1) is 14.3. The second-order valence-corrected chi connectivity index (χ2v) is 6.04. The van der Waals surface area contributed by atoms with Gasteiger partial charge in [-0.25, -0.2) is 4.39 Å². The summed E-state index contributed by atoms with van der Waals surface area (Å²) in [7, 11) is 0. The molecule has 21 heavy (non-hydrogen) atoms. The van der Waals surface area contributed by atoms with Crippen molar-refractivity contribution in [2.24, 2.45) is 0 Å². The maximum absolute atomic E-state index is 13.9. The molecular weight excluding hydrogens is 335 g/mol. The molecule has 1 aliphatic heterocycles. The minimum absolute atomic E-state index is 0.0884. The third-order valence-corrected chi connectivity index (χ3v) is 4.24. The van der Waals surface area contributed by atoms with Crippen LogP contribution in [0.4, 0.5) is 4.39 Å². The third kappa shape index (κ3) is 3.00. The van der Waals surface area contributed by atoms with E-state index in [-0.39, 0.29) is 17.3 Å². The highest BCUT2D eigenvalue weighted by molar-refractivity contribution is 9.10. The van der Waals surface area contributed by atoms with Crippen LogP contribution >= 0.6 is 15.9 Å². The van der Waals surface area contributed by atoms with Crippen molar-refractivity contribution in [2.45, 2.75) is 18.8 Å². The third-order valence-electron chi connectivity index (χ3n) is 3.75. The summed E-state index contributed by atoms with van der Waals surface area (Å²) in [6, 6.07) is 12.3. The number of Topliss-reactive ketones (excluding diaryl/α,β-unsaturated/α-hetero) is 1. The fraction of sp³-hybridized carbons (Fsp3) is 0.235. The Labute approximate surface area is 131 Å². The van der Waals surface area contributed by atoms with Crippen LogP contribution in [0.1, 0.15) is 34.7 Å². The van der Waals surface area contributed by atoms with Crippen LogP contribution < -0.4 is 4.74 Å². The van der Waals surface area contributed by atoms with E-state index in [1.165, 1.54) is 12.1 Å². The minimum Gasteiger partial charge on any atom is -0.493 e. The largest absolute Gasteiger partial charge is 0.493 e.